The quantitative estimate of drug-likeness (QED) is 0.814. The molecule has 1 unspecified atom stereocenters. The molecule has 0 aromatic heterocycles. The summed E-state index contributed by atoms with van der Waals surface area (Å²) in [5.74, 6) is 0.477. The monoisotopic (exact) mass is 270 g/mol. The van der Waals surface area contributed by atoms with Gasteiger partial charge in [-0.05, 0) is 23.6 Å². The molecule has 102 valence electrons. The van der Waals surface area contributed by atoms with E-state index in [0.717, 1.165) is 5.56 Å². The van der Waals surface area contributed by atoms with Crippen LogP contribution in [0.2, 0.25) is 0 Å². The van der Waals surface area contributed by atoms with Gasteiger partial charge in [-0.15, -0.1) is 0 Å². The van der Waals surface area contributed by atoms with Crippen molar-refractivity contribution in [2.75, 3.05) is 12.8 Å². The van der Waals surface area contributed by atoms with Crippen molar-refractivity contribution in [1.29, 1.82) is 0 Å². The van der Waals surface area contributed by atoms with Gasteiger partial charge in [0.2, 0.25) is 0 Å². The van der Waals surface area contributed by atoms with Crippen LogP contribution in [-0.4, -0.2) is 27.3 Å². The summed E-state index contributed by atoms with van der Waals surface area (Å²) >= 11 is 0. The van der Waals surface area contributed by atoms with E-state index in [2.05, 4.69) is 19.2 Å². The number of sulfone groups is 1. The lowest BCUT2D eigenvalue weighted by Crippen LogP contribution is -2.39. The molecule has 1 atom stereocenters. The number of nitrogens with two attached hydrogens (primary N) is 1. The molecule has 0 saturated heterocycles. The van der Waals surface area contributed by atoms with Gasteiger partial charge in [0.1, 0.15) is 0 Å². The second-order valence-electron chi connectivity index (χ2n) is 4.88. The number of hydrogen-bond acceptors (Lipinski definition) is 4. The topological polar surface area (TPSA) is 72.2 Å². The van der Waals surface area contributed by atoms with Gasteiger partial charge in [0.15, 0.2) is 9.84 Å². The van der Waals surface area contributed by atoms with Gasteiger partial charge >= 0.3 is 0 Å². The fraction of sp³-hybridized carbons (Fsp3) is 0.538. The maximum atomic E-state index is 11.3. The molecule has 0 spiro atoms. The van der Waals surface area contributed by atoms with Crippen molar-refractivity contribution in [2.45, 2.75) is 31.3 Å². The summed E-state index contributed by atoms with van der Waals surface area (Å²) < 4.78 is 22.6. The predicted octanol–water partition coefficient (Wildman–Crippen LogP) is 1.16. The van der Waals surface area contributed by atoms with Crippen LogP contribution < -0.4 is 11.1 Å². The van der Waals surface area contributed by atoms with E-state index in [1.54, 1.807) is 12.1 Å². The Balaban J connectivity index is 2.65. The lowest BCUT2D eigenvalue weighted by molar-refractivity contribution is 0.405. The molecule has 0 radical (unpaired) electrons. The van der Waals surface area contributed by atoms with Crippen molar-refractivity contribution in [3.8, 4) is 0 Å². The molecule has 3 N–H and O–H groups in total. The SMILES string of the molecule is CC(C)C(CN)NCc1ccc(S(C)(=O)=O)cc1. The molecule has 0 fully saturated rings. The third kappa shape index (κ3) is 4.40. The molecule has 1 rings (SSSR count). The number of rotatable bonds is 6. The Hall–Kier alpha value is -0.910. The summed E-state index contributed by atoms with van der Waals surface area (Å²) in [6, 6.07) is 7.21. The van der Waals surface area contributed by atoms with Crippen LogP contribution in [0.5, 0.6) is 0 Å². The van der Waals surface area contributed by atoms with Crippen LogP contribution in [0.1, 0.15) is 19.4 Å². The Morgan fingerprint density at radius 2 is 1.78 bits per heavy atom. The lowest BCUT2D eigenvalue weighted by Gasteiger charge is -2.20. The average Bonchev–Trinajstić information content (AvgIpc) is 2.29. The summed E-state index contributed by atoms with van der Waals surface area (Å²) in [6.07, 6.45) is 1.21. The Morgan fingerprint density at radius 1 is 1.22 bits per heavy atom. The first kappa shape index (κ1) is 15.1. The van der Waals surface area contributed by atoms with Gasteiger partial charge in [0, 0.05) is 25.4 Å². The minimum Gasteiger partial charge on any atom is -0.329 e. The Morgan fingerprint density at radius 3 is 2.17 bits per heavy atom. The molecule has 0 aliphatic carbocycles. The van der Waals surface area contributed by atoms with E-state index in [0.29, 0.717) is 23.9 Å². The molecule has 5 heteroatoms. The summed E-state index contributed by atoms with van der Waals surface area (Å²) in [5.41, 5.74) is 6.73. The zero-order valence-electron chi connectivity index (χ0n) is 11.2. The Kier molecular flexibility index (Phi) is 5.31. The molecule has 0 saturated carbocycles. The zero-order chi connectivity index (χ0) is 13.8. The number of nitrogens with one attached hydrogen (secondary N) is 1. The second-order valence-corrected chi connectivity index (χ2v) is 6.90. The minimum absolute atomic E-state index is 0.277. The summed E-state index contributed by atoms with van der Waals surface area (Å²) in [6.45, 7) is 5.54. The highest BCUT2D eigenvalue weighted by atomic mass is 32.2. The highest BCUT2D eigenvalue weighted by Gasteiger charge is 2.10. The molecule has 1 aromatic carbocycles. The van der Waals surface area contributed by atoms with E-state index in [9.17, 15) is 8.42 Å². The fourth-order valence-electron chi connectivity index (χ4n) is 1.69. The van der Waals surface area contributed by atoms with E-state index in [4.69, 9.17) is 5.73 Å². The molecule has 4 nitrogen and oxygen atoms in total. The molecule has 0 bridgehead atoms. The summed E-state index contributed by atoms with van der Waals surface area (Å²) in [4.78, 5) is 0.352. The van der Waals surface area contributed by atoms with Gasteiger partial charge < -0.3 is 11.1 Å². The first-order chi connectivity index (χ1) is 8.34. The van der Waals surface area contributed by atoms with Gasteiger partial charge in [-0.2, -0.15) is 0 Å². The maximum absolute atomic E-state index is 11.3. The highest BCUT2D eigenvalue weighted by Crippen LogP contribution is 2.10. The van der Waals surface area contributed by atoms with Gasteiger partial charge in [0.25, 0.3) is 0 Å². The fourth-order valence-corrected chi connectivity index (χ4v) is 2.33. The third-order valence-electron chi connectivity index (χ3n) is 2.98. The molecule has 0 aliphatic rings. The van der Waals surface area contributed by atoms with E-state index in [1.807, 2.05) is 12.1 Å². The Bertz CT molecular complexity index is 466. The van der Waals surface area contributed by atoms with Crippen molar-refractivity contribution in [3.63, 3.8) is 0 Å². The highest BCUT2D eigenvalue weighted by molar-refractivity contribution is 7.90. The lowest BCUT2D eigenvalue weighted by atomic mass is 10.0. The second kappa shape index (κ2) is 6.31. The smallest absolute Gasteiger partial charge is 0.175 e. The number of hydrogen-bond donors (Lipinski definition) is 2. The predicted molar refractivity (Wildman–Crippen MR) is 74.1 cm³/mol. The molecular weight excluding hydrogens is 248 g/mol. The summed E-state index contributed by atoms with van der Waals surface area (Å²) in [5, 5.41) is 3.37. The van der Waals surface area contributed by atoms with Crippen molar-refractivity contribution in [2.24, 2.45) is 11.7 Å². The van der Waals surface area contributed by atoms with E-state index in [1.165, 1.54) is 6.26 Å². The molecule has 0 amide bonds. The maximum Gasteiger partial charge on any atom is 0.175 e. The zero-order valence-corrected chi connectivity index (χ0v) is 12.0. The van der Waals surface area contributed by atoms with Crippen LogP contribution in [0, 0.1) is 5.92 Å². The van der Waals surface area contributed by atoms with E-state index >= 15 is 0 Å². The molecule has 18 heavy (non-hydrogen) atoms. The molecular formula is C13H22N2O2S. The largest absolute Gasteiger partial charge is 0.329 e. The standard InChI is InChI=1S/C13H22N2O2S/c1-10(2)13(8-14)15-9-11-4-6-12(7-5-11)18(3,16)17/h4-7,10,13,15H,8-9,14H2,1-3H3. The normalized spacial score (nSPS) is 13.8. The van der Waals surface area contributed by atoms with Crippen molar-refractivity contribution < 1.29 is 8.42 Å². The van der Waals surface area contributed by atoms with Gasteiger partial charge in [-0.25, -0.2) is 8.42 Å². The molecule has 1 aromatic rings. The number of benzene rings is 1. The van der Waals surface area contributed by atoms with E-state index < -0.39 is 9.84 Å². The van der Waals surface area contributed by atoms with Crippen LogP contribution in [0.15, 0.2) is 29.2 Å². The van der Waals surface area contributed by atoms with E-state index in [-0.39, 0.29) is 6.04 Å². The van der Waals surface area contributed by atoms with Crippen molar-refractivity contribution in [3.05, 3.63) is 29.8 Å². The van der Waals surface area contributed by atoms with Crippen molar-refractivity contribution in [1.82, 2.24) is 5.32 Å². The summed E-state index contributed by atoms with van der Waals surface area (Å²) in [7, 11) is -3.11. The third-order valence-corrected chi connectivity index (χ3v) is 4.11. The first-order valence-electron chi connectivity index (χ1n) is 6.07. The van der Waals surface area contributed by atoms with Gasteiger partial charge in [-0.1, -0.05) is 26.0 Å². The van der Waals surface area contributed by atoms with Crippen molar-refractivity contribution >= 4 is 9.84 Å². The molecule has 0 aliphatic heterocycles. The van der Waals surface area contributed by atoms with Crippen LogP contribution >= 0.6 is 0 Å². The van der Waals surface area contributed by atoms with Gasteiger partial charge in [0.05, 0.1) is 4.90 Å². The minimum atomic E-state index is -3.11. The Labute approximate surface area is 110 Å². The van der Waals surface area contributed by atoms with Crippen LogP contribution in [0.3, 0.4) is 0 Å². The van der Waals surface area contributed by atoms with Crippen LogP contribution in [0.25, 0.3) is 0 Å². The average molecular weight is 270 g/mol. The van der Waals surface area contributed by atoms with Crippen LogP contribution in [0.4, 0.5) is 0 Å². The molecule has 0 heterocycles. The first-order valence-corrected chi connectivity index (χ1v) is 7.96. The van der Waals surface area contributed by atoms with Crippen LogP contribution in [-0.2, 0) is 16.4 Å². The van der Waals surface area contributed by atoms with Gasteiger partial charge in [-0.3, -0.25) is 0 Å².